The van der Waals surface area contributed by atoms with Crippen molar-refractivity contribution in [1.29, 1.82) is 0 Å². The Hall–Kier alpha value is -3.02. The van der Waals surface area contributed by atoms with Crippen LogP contribution in [0.4, 0.5) is 9.59 Å². The molecule has 27 heavy (non-hydrogen) atoms. The number of ether oxygens (including phenoxy) is 3. The fourth-order valence-corrected chi connectivity index (χ4v) is 3.23. The maximum absolute atomic E-state index is 12.0. The lowest BCUT2D eigenvalue weighted by Gasteiger charge is -2.14. The molecule has 0 unspecified atom stereocenters. The van der Waals surface area contributed by atoms with Crippen LogP contribution in [0.3, 0.4) is 0 Å². The summed E-state index contributed by atoms with van der Waals surface area (Å²) in [4.78, 5) is 23.0. The van der Waals surface area contributed by atoms with Gasteiger partial charge in [0.2, 0.25) is 0 Å². The van der Waals surface area contributed by atoms with Crippen LogP contribution in [0.25, 0.3) is 11.1 Å². The van der Waals surface area contributed by atoms with Crippen molar-refractivity contribution in [2.75, 3.05) is 26.4 Å². The standard InChI is InChI=1S/C21H23NO5/c1-2-25-21(24)26-13-7-12-22-20(23)27-14-19-17-10-5-3-8-15(17)16-9-4-6-11-18(16)19/h3-6,8-11,19H,2,7,12-14H2,1H3,(H,22,23). The van der Waals surface area contributed by atoms with E-state index in [2.05, 4.69) is 34.3 Å². The maximum atomic E-state index is 12.0. The first-order valence-corrected chi connectivity index (χ1v) is 9.09. The predicted molar refractivity (Wildman–Crippen MR) is 101 cm³/mol. The minimum absolute atomic E-state index is 0.0373. The Labute approximate surface area is 158 Å². The summed E-state index contributed by atoms with van der Waals surface area (Å²) in [5, 5.41) is 2.67. The predicted octanol–water partition coefficient (Wildman–Crippen LogP) is 4.09. The Bertz CT molecular complexity index is 759. The van der Waals surface area contributed by atoms with Crippen LogP contribution < -0.4 is 5.32 Å². The highest BCUT2D eigenvalue weighted by atomic mass is 16.7. The Balaban J connectivity index is 1.46. The van der Waals surface area contributed by atoms with Gasteiger partial charge in [0.1, 0.15) is 6.61 Å². The highest BCUT2D eigenvalue weighted by molar-refractivity contribution is 5.79. The quantitative estimate of drug-likeness (QED) is 0.588. The molecule has 2 aromatic carbocycles. The fraction of sp³-hybridized carbons (Fsp3) is 0.333. The summed E-state index contributed by atoms with van der Waals surface area (Å²) in [6, 6.07) is 16.4. The molecule has 3 rings (SSSR count). The molecule has 6 nitrogen and oxygen atoms in total. The van der Waals surface area contributed by atoms with Gasteiger partial charge in [-0.3, -0.25) is 0 Å². The number of alkyl carbamates (subject to hydrolysis) is 1. The first kappa shape index (κ1) is 18.8. The zero-order valence-corrected chi connectivity index (χ0v) is 15.3. The molecular formula is C21H23NO5. The molecule has 0 spiro atoms. The van der Waals surface area contributed by atoms with E-state index in [0.29, 0.717) is 13.0 Å². The van der Waals surface area contributed by atoms with Crippen LogP contribution in [0.1, 0.15) is 30.4 Å². The van der Waals surface area contributed by atoms with Gasteiger partial charge in [-0.1, -0.05) is 48.5 Å². The zero-order chi connectivity index (χ0) is 19.1. The maximum Gasteiger partial charge on any atom is 0.508 e. The number of hydrogen-bond donors (Lipinski definition) is 1. The Morgan fingerprint density at radius 2 is 1.56 bits per heavy atom. The van der Waals surface area contributed by atoms with Crippen LogP contribution in [0.2, 0.25) is 0 Å². The van der Waals surface area contributed by atoms with Crippen molar-refractivity contribution in [3.63, 3.8) is 0 Å². The van der Waals surface area contributed by atoms with Crippen LogP contribution in [0, 0.1) is 0 Å². The van der Waals surface area contributed by atoms with Gasteiger partial charge in [0.05, 0.1) is 13.2 Å². The zero-order valence-electron chi connectivity index (χ0n) is 15.3. The molecule has 0 saturated carbocycles. The molecule has 0 atom stereocenters. The summed E-state index contributed by atoms with van der Waals surface area (Å²) in [7, 11) is 0. The highest BCUT2D eigenvalue weighted by Gasteiger charge is 2.28. The Morgan fingerprint density at radius 1 is 0.926 bits per heavy atom. The van der Waals surface area contributed by atoms with Gasteiger partial charge in [0, 0.05) is 12.5 Å². The summed E-state index contributed by atoms with van der Waals surface area (Å²) in [6.45, 7) is 2.80. The van der Waals surface area contributed by atoms with E-state index in [1.165, 1.54) is 22.3 Å². The lowest BCUT2D eigenvalue weighted by atomic mass is 9.98. The lowest BCUT2D eigenvalue weighted by Crippen LogP contribution is -2.27. The second kappa shape index (κ2) is 9.07. The number of rotatable bonds is 7. The second-order valence-electron chi connectivity index (χ2n) is 6.14. The van der Waals surface area contributed by atoms with E-state index >= 15 is 0 Å². The molecular weight excluding hydrogens is 346 g/mol. The first-order valence-electron chi connectivity index (χ1n) is 9.09. The van der Waals surface area contributed by atoms with E-state index < -0.39 is 12.2 Å². The van der Waals surface area contributed by atoms with Crippen LogP contribution in [0.15, 0.2) is 48.5 Å². The molecule has 142 valence electrons. The molecule has 0 aromatic heterocycles. The van der Waals surface area contributed by atoms with Crippen molar-refractivity contribution in [2.24, 2.45) is 0 Å². The summed E-state index contributed by atoms with van der Waals surface area (Å²) in [6.07, 6.45) is -0.685. The number of hydrogen-bond acceptors (Lipinski definition) is 5. The second-order valence-corrected chi connectivity index (χ2v) is 6.14. The molecule has 0 fully saturated rings. The minimum Gasteiger partial charge on any atom is -0.449 e. The molecule has 0 bridgehead atoms. The van der Waals surface area contributed by atoms with E-state index in [0.717, 1.165) is 0 Å². The summed E-state index contributed by atoms with van der Waals surface area (Å²) >= 11 is 0. The van der Waals surface area contributed by atoms with Gasteiger partial charge in [-0.2, -0.15) is 0 Å². The van der Waals surface area contributed by atoms with E-state index in [1.807, 2.05) is 24.3 Å². The van der Waals surface area contributed by atoms with Gasteiger partial charge in [0.15, 0.2) is 0 Å². The molecule has 6 heteroatoms. The lowest BCUT2D eigenvalue weighted by molar-refractivity contribution is 0.0583. The number of amides is 1. The third-order valence-electron chi connectivity index (χ3n) is 4.42. The molecule has 0 radical (unpaired) electrons. The van der Waals surface area contributed by atoms with Gasteiger partial charge >= 0.3 is 12.2 Å². The summed E-state index contributed by atoms with van der Waals surface area (Å²) in [5.74, 6) is 0.0373. The van der Waals surface area contributed by atoms with Gasteiger partial charge in [0.25, 0.3) is 0 Å². The number of benzene rings is 2. The van der Waals surface area contributed by atoms with E-state index in [9.17, 15) is 9.59 Å². The van der Waals surface area contributed by atoms with Crippen molar-refractivity contribution in [3.05, 3.63) is 59.7 Å². The van der Waals surface area contributed by atoms with Gasteiger partial charge in [-0.15, -0.1) is 0 Å². The third-order valence-corrected chi connectivity index (χ3v) is 4.42. The monoisotopic (exact) mass is 369 g/mol. The largest absolute Gasteiger partial charge is 0.508 e. The topological polar surface area (TPSA) is 73.9 Å². The number of nitrogens with one attached hydrogen (secondary N) is 1. The van der Waals surface area contributed by atoms with Crippen molar-refractivity contribution in [2.45, 2.75) is 19.3 Å². The molecule has 1 aliphatic carbocycles. The molecule has 1 N–H and O–H groups in total. The molecule has 0 aliphatic heterocycles. The van der Waals surface area contributed by atoms with Crippen molar-refractivity contribution in [3.8, 4) is 11.1 Å². The molecule has 0 heterocycles. The third kappa shape index (κ3) is 4.58. The summed E-state index contributed by atoms with van der Waals surface area (Å²) in [5.41, 5.74) is 4.74. The molecule has 1 amide bonds. The van der Waals surface area contributed by atoms with Crippen molar-refractivity contribution in [1.82, 2.24) is 5.32 Å². The average Bonchev–Trinajstić information content (AvgIpc) is 3.00. The molecule has 1 aliphatic rings. The van der Waals surface area contributed by atoms with E-state index in [-0.39, 0.29) is 25.7 Å². The van der Waals surface area contributed by atoms with Crippen LogP contribution in [-0.4, -0.2) is 38.6 Å². The highest BCUT2D eigenvalue weighted by Crippen LogP contribution is 2.44. The van der Waals surface area contributed by atoms with Gasteiger partial charge in [-0.25, -0.2) is 9.59 Å². The van der Waals surface area contributed by atoms with E-state index in [1.54, 1.807) is 6.92 Å². The summed E-state index contributed by atoms with van der Waals surface area (Å²) < 4.78 is 14.9. The van der Waals surface area contributed by atoms with Gasteiger partial charge in [-0.05, 0) is 35.6 Å². The smallest absolute Gasteiger partial charge is 0.449 e. The van der Waals surface area contributed by atoms with E-state index in [4.69, 9.17) is 9.47 Å². The van der Waals surface area contributed by atoms with Crippen LogP contribution >= 0.6 is 0 Å². The Kier molecular flexibility index (Phi) is 6.30. The number of carbonyl (C=O) groups excluding carboxylic acids is 2. The minimum atomic E-state index is -0.696. The first-order chi connectivity index (χ1) is 13.2. The fourth-order valence-electron chi connectivity index (χ4n) is 3.23. The van der Waals surface area contributed by atoms with Gasteiger partial charge < -0.3 is 19.5 Å². The Morgan fingerprint density at radius 3 is 2.19 bits per heavy atom. The molecule has 0 saturated heterocycles. The number of fused-ring (bicyclic) bond motifs is 3. The average molecular weight is 369 g/mol. The van der Waals surface area contributed by atoms with Crippen molar-refractivity contribution >= 4 is 12.2 Å². The van der Waals surface area contributed by atoms with Crippen LogP contribution in [-0.2, 0) is 14.2 Å². The van der Waals surface area contributed by atoms with Crippen molar-refractivity contribution < 1.29 is 23.8 Å². The normalized spacial score (nSPS) is 12.0. The van der Waals surface area contributed by atoms with Crippen LogP contribution in [0.5, 0.6) is 0 Å². The molecule has 2 aromatic rings. The number of carbonyl (C=O) groups is 2. The SMILES string of the molecule is CCOC(=O)OCCCNC(=O)OCC1c2ccccc2-c2ccccc21.